The van der Waals surface area contributed by atoms with Gasteiger partial charge >= 0.3 is 11.6 Å². The Morgan fingerprint density at radius 3 is 2.55 bits per heavy atom. The summed E-state index contributed by atoms with van der Waals surface area (Å²) >= 11 is 0. The summed E-state index contributed by atoms with van der Waals surface area (Å²) in [6.45, 7) is 3.47. The molecule has 2 amide bonds. The molecule has 10 nitrogen and oxygen atoms in total. The van der Waals surface area contributed by atoms with Gasteiger partial charge in [-0.1, -0.05) is 18.0 Å². The topological polar surface area (TPSA) is 113 Å². The first-order chi connectivity index (χ1) is 13.9. The van der Waals surface area contributed by atoms with E-state index in [4.69, 9.17) is 4.52 Å². The molecule has 2 aliphatic heterocycles. The minimum absolute atomic E-state index is 0.00715. The molecule has 2 unspecified atom stereocenters. The van der Waals surface area contributed by atoms with E-state index in [-0.39, 0.29) is 29.3 Å². The Bertz CT molecular complexity index is 870. The first-order valence-corrected chi connectivity index (χ1v) is 10.0. The first-order valence-electron chi connectivity index (χ1n) is 10.0. The monoisotopic (exact) mass is 403 g/mol. The third kappa shape index (κ3) is 3.36. The number of amides is 2. The largest absolute Gasteiger partial charge is 0.365 e. The van der Waals surface area contributed by atoms with E-state index >= 15 is 0 Å². The fourth-order valence-electron chi connectivity index (χ4n) is 4.83. The molecule has 2 atom stereocenters. The van der Waals surface area contributed by atoms with Crippen LogP contribution in [-0.2, 0) is 4.79 Å². The predicted octanol–water partition coefficient (Wildman–Crippen LogP) is 1.26. The standard InChI is InChI=1S/C19H25N5O5/c1-12-11-14(20-29-12)18(25)23-9-7-22(8-10-23)16-13-5-3-4-6-15(13)21(2)19(26)17(16)24(27)28/h11,13,15H,3-10H2,1-2H3. The molecule has 0 spiro atoms. The van der Waals surface area contributed by atoms with E-state index in [2.05, 4.69) is 5.16 Å². The Balaban J connectivity index is 1.57. The number of fused-ring (bicyclic) bond motifs is 1. The smallest absolute Gasteiger partial charge is 0.352 e. The van der Waals surface area contributed by atoms with Crippen molar-refractivity contribution >= 4 is 11.8 Å². The predicted molar refractivity (Wildman–Crippen MR) is 101 cm³/mol. The van der Waals surface area contributed by atoms with E-state index in [1.54, 1.807) is 29.8 Å². The third-order valence-corrected chi connectivity index (χ3v) is 6.28. The summed E-state index contributed by atoms with van der Waals surface area (Å²) in [4.78, 5) is 41.8. The maximum absolute atomic E-state index is 12.8. The van der Waals surface area contributed by atoms with Crippen molar-refractivity contribution in [2.75, 3.05) is 33.2 Å². The number of nitrogens with zero attached hydrogens (tertiary/aromatic N) is 5. The first kappa shape index (κ1) is 19.4. The van der Waals surface area contributed by atoms with Gasteiger partial charge in [-0.05, 0) is 19.8 Å². The Morgan fingerprint density at radius 2 is 1.93 bits per heavy atom. The van der Waals surface area contributed by atoms with Crippen LogP contribution in [0.4, 0.5) is 0 Å². The van der Waals surface area contributed by atoms with E-state index in [0.717, 1.165) is 25.7 Å². The molecule has 2 fully saturated rings. The van der Waals surface area contributed by atoms with Gasteiger partial charge in [-0.15, -0.1) is 0 Å². The van der Waals surface area contributed by atoms with Crippen molar-refractivity contribution in [2.45, 2.75) is 38.6 Å². The molecule has 0 aromatic carbocycles. The molecule has 3 heterocycles. The third-order valence-electron chi connectivity index (χ3n) is 6.28. The second-order valence-electron chi connectivity index (χ2n) is 7.97. The van der Waals surface area contributed by atoms with Gasteiger partial charge in [-0.3, -0.25) is 19.7 Å². The lowest BCUT2D eigenvalue weighted by molar-refractivity contribution is -0.424. The molecular weight excluding hydrogens is 378 g/mol. The van der Waals surface area contributed by atoms with Crippen LogP contribution in [0.2, 0.25) is 0 Å². The van der Waals surface area contributed by atoms with E-state index in [1.165, 1.54) is 0 Å². The van der Waals surface area contributed by atoms with Crippen LogP contribution in [-0.4, -0.2) is 75.9 Å². The lowest BCUT2D eigenvalue weighted by Crippen LogP contribution is -2.56. The molecule has 29 heavy (non-hydrogen) atoms. The summed E-state index contributed by atoms with van der Waals surface area (Å²) in [6, 6.07) is 1.61. The van der Waals surface area contributed by atoms with Crippen LogP contribution in [0, 0.1) is 23.0 Å². The van der Waals surface area contributed by atoms with Gasteiger partial charge in [-0.2, -0.15) is 0 Å². The Kier molecular flexibility index (Phi) is 5.01. The maximum atomic E-state index is 12.8. The van der Waals surface area contributed by atoms with E-state index in [1.807, 2.05) is 4.90 Å². The van der Waals surface area contributed by atoms with Gasteiger partial charge in [-0.25, -0.2) is 0 Å². The second kappa shape index (κ2) is 7.49. The summed E-state index contributed by atoms with van der Waals surface area (Å²) in [7, 11) is 1.67. The molecule has 1 aliphatic carbocycles. The number of nitro groups is 1. The number of piperazine rings is 1. The zero-order valence-corrected chi connectivity index (χ0v) is 16.7. The van der Waals surface area contributed by atoms with Crippen molar-refractivity contribution < 1.29 is 19.0 Å². The highest BCUT2D eigenvalue weighted by atomic mass is 16.6. The van der Waals surface area contributed by atoms with Crippen LogP contribution in [0.5, 0.6) is 0 Å². The molecule has 1 aromatic heterocycles. The van der Waals surface area contributed by atoms with Crippen LogP contribution in [0.15, 0.2) is 22.0 Å². The van der Waals surface area contributed by atoms with Crippen molar-refractivity contribution in [3.05, 3.63) is 39.0 Å². The van der Waals surface area contributed by atoms with Gasteiger partial charge < -0.3 is 19.2 Å². The SMILES string of the molecule is Cc1cc(C(=O)N2CCN(C3=C([N+](=O)[O-])C(=O)N(C)C4CCCCC34)CC2)no1. The fraction of sp³-hybridized carbons (Fsp3) is 0.632. The van der Waals surface area contributed by atoms with Gasteiger partial charge in [0.2, 0.25) is 0 Å². The zero-order valence-electron chi connectivity index (χ0n) is 16.7. The maximum Gasteiger partial charge on any atom is 0.352 e. The van der Waals surface area contributed by atoms with Crippen molar-refractivity contribution in [1.82, 2.24) is 19.9 Å². The normalized spacial score (nSPS) is 25.3. The Labute approximate surface area is 168 Å². The quantitative estimate of drug-likeness (QED) is 0.551. The van der Waals surface area contributed by atoms with Gasteiger partial charge in [0.15, 0.2) is 5.69 Å². The van der Waals surface area contributed by atoms with Crippen molar-refractivity contribution in [2.24, 2.45) is 5.92 Å². The highest BCUT2D eigenvalue weighted by Crippen LogP contribution is 2.40. The molecule has 4 rings (SSSR count). The molecular formula is C19H25N5O5. The van der Waals surface area contributed by atoms with Crippen molar-refractivity contribution in [1.29, 1.82) is 0 Å². The van der Waals surface area contributed by atoms with E-state index < -0.39 is 10.8 Å². The number of rotatable bonds is 3. The lowest BCUT2D eigenvalue weighted by atomic mass is 9.78. The number of hydrogen-bond donors (Lipinski definition) is 0. The molecule has 0 N–H and O–H groups in total. The summed E-state index contributed by atoms with van der Waals surface area (Å²) in [5.41, 5.74) is 0.526. The molecule has 0 radical (unpaired) electrons. The van der Waals surface area contributed by atoms with Crippen molar-refractivity contribution in [3.63, 3.8) is 0 Å². The van der Waals surface area contributed by atoms with Crippen LogP contribution in [0.25, 0.3) is 0 Å². The highest BCUT2D eigenvalue weighted by molar-refractivity contribution is 5.93. The minimum Gasteiger partial charge on any atom is -0.365 e. The molecule has 1 saturated heterocycles. The summed E-state index contributed by atoms with van der Waals surface area (Å²) in [6.07, 6.45) is 3.73. The number of aromatic nitrogens is 1. The summed E-state index contributed by atoms with van der Waals surface area (Å²) in [5.74, 6) is -0.169. The van der Waals surface area contributed by atoms with Crippen LogP contribution in [0.1, 0.15) is 41.9 Å². The molecule has 3 aliphatic rings. The van der Waals surface area contributed by atoms with Gasteiger partial charge in [0.25, 0.3) is 5.91 Å². The number of hydrogen-bond acceptors (Lipinski definition) is 7. The zero-order chi connectivity index (χ0) is 20.7. The lowest BCUT2D eigenvalue weighted by Gasteiger charge is -2.46. The number of likely N-dealkylation sites (N-methyl/N-ethyl adjacent to an activating group) is 1. The molecule has 10 heteroatoms. The average molecular weight is 403 g/mol. The second-order valence-corrected chi connectivity index (χ2v) is 7.97. The van der Waals surface area contributed by atoms with Gasteiger partial charge in [0, 0.05) is 51.3 Å². The average Bonchev–Trinajstić information content (AvgIpc) is 3.16. The highest BCUT2D eigenvalue weighted by Gasteiger charge is 2.48. The van der Waals surface area contributed by atoms with E-state index in [9.17, 15) is 19.7 Å². The molecule has 0 bridgehead atoms. The minimum atomic E-state index is -0.533. The Morgan fingerprint density at radius 1 is 1.24 bits per heavy atom. The van der Waals surface area contributed by atoms with Crippen LogP contribution < -0.4 is 0 Å². The Hall–Kier alpha value is -2.91. The molecule has 1 aromatic rings. The number of carbonyl (C=O) groups excluding carboxylic acids is 2. The van der Waals surface area contributed by atoms with E-state index in [0.29, 0.717) is 37.6 Å². The summed E-state index contributed by atoms with van der Waals surface area (Å²) in [5, 5.41) is 15.6. The van der Waals surface area contributed by atoms with Crippen molar-refractivity contribution in [3.8, 4) is 0 Å². The van der Waals surface area contributed by atoms with Crippen LogP contribution in [0.3, 0.4) is 0 Å². The fourth-order valence-corrected chi connectivity index (χ4v) is 4.83. The molecule has 156 valence electrons. The number of aryl methyl sites for hydroxylation is 1. The van der Waals surface area contributed by atoms with Gasteiger partial charge in [0.1, 0.15) is 11.5 Å². The van der Waals surface area contributed by atoms with Gasteiger partial charge in [0.05, 0.1) is 4.92 Å². The number of carbonyl (C=O) groups is 2. The summed E-state index contributed by atoms with van der Waals surface area (Å²) < 4.78 is 4.98. The van der Waals surface area contributed by atoms with Crippen LogP contribution >= 0.6 is 0 Å². The molecule has 1 saturated carbocycles.